The summed E-state index contributed by atoms with van der Waals surface area (Å²) in [6.45, 7) is 4.70. The van der Waals surface area contributed by atoms with Gasteiger partial charge in [0.05, 0.1) is 20.6 Å². The van der Waals surface area contributed by atoms with Crippen molar-refractivity contribution in [2.45, 2.75) is 102 Å². The first-order valence-electron chi connectivity index (χ1n) is 15.0. The lowest BCUT2D eigenvalue weighted by Crippen LogP contribution is -2.65. The van der Waals surface area contributed by atoms with E-state index in [1.165, 1.54) is 25.3 Å². The van der Waals surface area contributed by atoms with Crippen LogP contribution in [0.5, 0.6) is 11.5 Å². The fourth-order valence-electron chi connectivity index (χ4n) is 5.44. The summed E-state index contributed by atoms with van der Waals surface area (Å²) in [5, 5.41) is 22.2. The molecule has 0 radical (unpaired) electrons. The number of benzene rings is 1. The molecule has 0 aromatic heterocycles. The molecule has 18 heteroatoms. The maximum Gasteiger partial charge on any atom is 0.308 e. The molecule has 0 spiro atoms. The van der Waals surface area contributed by atoms with Crippen LogP contribution in [0.15, 0.2) is 18.2 Å². The monoisotopic (exact) mass is 700 g/mol. The van der Waals surface area contributed by atoms with Gasteiger partial charge in [0.25, 0.3) is 0 Å². The second-order valence-corrected chi connectivity index (χ2v) is 11.0. The number of aromatic hydroxyl groups is 1. The van der Waals surface area contributed by atoms with Gasteiger partial charge >= 0.3 is 35.8 Å². The molecule has 49 heavy (non-hydrogen) atoms. The van der Waals surface area contributed by atoms with Gasteiger partial charge in [0.1, 0.15) is 37.1 Å². The second kappa shape index (κ2) is 17.2. The van der Waals surface area contributed by atoms with E-state index in [-0.39, 0.29) is 17.1 Å². The van der Waals surface area contributed by atoms with Crippen LogP contribution >= 0.6 is 0 Å². The molecule has 2 heterocycles. The Morgan fingerprint density at radius 3 is 1.78 bits per heavy atom. The predicted molar refractivity (Wildman–Crippen MR) is 157 cm³/mol. The van der Waals surface area contributed by atoms with E-state index in [1.54, 1.807) is 0 Å². The number of aliphatic hydroxyl groups excluding tert-OH is 1. The molecule has 1 aromatic carbocycles. The van der Waals surface area contributed by atoms with Crippen LogP contribution in [0.2, 0.25) is 0 Å². The minimum Gasteiger partial charge on any atom is -0.504 e. The molecular formula is C31H40O18. The van der Waals surface area contributed by atoms with Crippen molar-refractivity contribution in [3.63, 3.8) is 0 Å². The minimum absolute atomic E-state index is 0.100. The number of hydrogen-bond acceptors (Lipinski definition) is 18. The molecule has 1 aromatic rings. The lowest BCUT2D eigenvalue weighted by molar-refractivity contribution is -0.344. The highest BCUT2D eigenvalue weighted by molar-refractivity contribution is 5.71. The van der Waals surface area contributed by atoms with E-state index in [0.29, 0.717) is 0 Å². The zero-order valence-corrected chi connectivity index (χ0v) is 27.8. The van der Waals surface area contributed by atoms with Crippen LogP contribution < -0.4 is 4.74 Å². The molecule has 0 unspecified atom stereocenters. The van der Waals surface area contributed by atoms with Crippen molar-refractivity contribution >= 4 is 35.8 Å². The Labute approximate surface area is 280 Å². The Bertz CT molecular complexity index is 1380. The molecule has 0 saturated carbocycles. The standard InChI is InChI=1S/C31H40O18/c1-13(32)42-12-22-27(44-15(3)34)29(45-16(4)35)30(46-17(5)36)31(48-22)49-28-24(39)25(18-8-9-20(40-6)19(37)10-18)47-21(11-23(38)41-7)26(28)43-14(2)33/h8-10,21-22,24-31,37,39H,11-12H2,1-7H3/t21-,22-,24-,25-,26-,27-,28-,29-,30-,31-/m1/s1. The van der Waals surface area contributed by atoms with E-state index in [4.69, 9.17) is 47.4 Å². The molecule has 0 aliphatic carbocycles. The number of carbonyl (C=O) groups excluding carboxylic acids is 6. The van der Waals surface area contributed by atoms with Crippen molar-refractivity contribution in [2.24, 2.45) is 0 Å². The summed E-state index contributed by atoms with van der Waals surface area (Å²) in [7, 11) is 2.44. The average Bonchev–Trinajstić information content (AvgIpc) is 3.00. The second-order valence-electron chi connectivity index (χ2n) is 11.0. The molecule has 18 nitrogen and oxygen atoms in total. The first kappa shape index (κ1) is 38.9. The first-order valence-corrected chi connectivity index (χ1v) is 15.0. The van der Waals surface area contributed by atoms with Crippen molar-refractivity contribution in [1.82, 2.24) is 0 Å². The van der Waals surface area contributed by atoms with E-state index in [0.717, 1.165) is 41.7 Å². The molecule has 2 N–H and O–H groups in total. The van der Waals surface area contributed by atoms with Crippen molar-refractivity contribution in [3.05, 3.63) is 23.8 Å². The van der Waals surface area contributed by atoms with Crippen LogP contribution in [0.1, 0.15) is 52.7 Å². The summed E-state index contributed by atoms with van der Waals surface area (Å²) < 4.78 is 55.0. The van der Waals surface area contributed by atoms with Crippen molar-refractivity contribution in [3.8, 4) is 11.5 Å². The Morgan fingerprint density at radius 1 is 0.714 bits per heavy atom. The van der Waals surface area contributed by atoms with Crippen molar-refractivity contribution in [2.75, 3.05) is 20.8 Å². The Kier molecular flexibility index (Phi) is 13.7. The number of carbonyl (C=O) groups is 6. The number of ether oxygens (including phenoxy) is 10. The fraction of sp³-hybridized carbons (Fsp3) is 0.613. The van der Waals surface area contributed by atoms with Gasteiger partial charge in [-0.3, -0.25) is 28.8 Å². The van der Waals surface area contributed by atoms with Crippen LogP contribution in [0.25, 0.3) is 0 Å². The largest absolute Gasteiger partial charge is 0.504 e. The summed E-state index contributed by atoms with van der Waals surface area (Å²) in [5.41, 5.74) is 0.178. The third-order valence-corrected chi connectivity index (χ3v) is 7.33. The molecule has 2 fully saturated rings. The van der Waals surface area contributed by atoms with Gasteiger partial charge in [-0.2, -0.15) is 0 Å². The number of methoxy groups -OCH3 is 2. The fourth-order valence-corrected chi connectivity index (χ4v) is 5.44. The smallest absolute Gasteiger partial charge is 0.308 e. The summed E-state index contributed by atoms with van der Waals surface area (Å²) in [6, 6.07) is 4.09. The number of aliphatic hydroxyl groups is 1. The van der Waals surface area contributed by atoms with Crippen LogP contribution in [0.3, 0.4) is 0 Å². The third-order valence-electron chi connectivity index (χ3n) is 7.33. The lowest BCUT2D eigenvalue weighted by Gasteiger charge is -2.48. The van der Waals surface area contributed by atoms with Gasteiger partial charge < -0.3 is 57.6 Å². The van der Waals surface area contributed by atoms with Crippen LogP contribution in [0, 0.1) is 0 Å². The van der Waals surface area contributed by atoms with E-state index in [9.17, 15) is 39.0 Å². The molecular weight excluding hydrogens is 660 g/mol. The van der Waals surface area contributed by atoms with Gasteiger partial charge in [0, 0.05) is 34.6 Å². The lowest BCUT2D eigenvalue weighted by atomic mass is 9.89. The summed E-state index contributed by atoms with van der Waals surface area (Å²) in [6.07, 6.45) is -16.2. The van der Waals surface area contributed by atoms with Gasteiger partial charge in [-0.25, -0.2) is 0 Å². The molecule has 3 rings (SSSR count). The molecule has 0 amide bonds. The van der Waals surface area contributed by atoms with Crippen LogP contribution in [-0.4, -0.2) is 122 Å². The van der Waals surface area contributed by atoms with Crippen molar-refractivity contribution in [1.29, 1.82) is 0 Å². The molecule has 272 valence electrons. The Morgan fingerprint density at radius 2 is 1.27 bits per heavy atom. The summed E-state index contributed by atoms with van der Waals surface area (Å²) in [5.74, 6) is -5.30. The highest BCUT2D eigenvalue weighted by Crippen LogP contribution is 2.41. The number of hydrogen-bond donors (Lipinski definition) is 2. The highest BCUT2D eigenvalue weighted by Gasteiger charge is 2.56. The van der Waals surface area contributed by atoms with E-state index in [2.05, 4.69) is 0 Å². The van der Waals surface area contributed by atoms with E-state index >= 15 is 0 Å². The van der Waals surface area contributed by atoms with Gasteiger partial charge in [-0.05, 0) is 17.7 Å². The Hall–Kier alpha value is -4.52. The first-order chi connectivity index (χ1) is 23.1. The molecule has 2 aliphatic rings. The number of rotatable bonds is 12. The molecule has 0 bridgehead atoms. The zero-order valence-electron chi connectivity index (χ0n) is 27.8. The number of phenols is 1. The molecule has 10 atom stereocenters. The summed E-state index contributed by atoms with van der Waals surface area (Å²) in [4.78, 5) is 73.2. The maximum atomic E-state index is 12.5. The quantitative estimate of drug-likeness (QED) is 0.218. The van der Waals surface area contributed by atoms with E-state index in [1.807, 2.05) is 0 Å². The van der Waals surface area contributed by atoms with Gasteiger partial charge in [0.15, 0.2) is 42.2 Å². The zero-order chi connectivity index (χ0) is 36.6. The number of phenolic OH excluding ortho intramolecular Hbond substituents is 1. The maximum absolute atomic E-state index is 12.5. The molecule has 2 aliphatic heterocycles. The number of esters is 6. The summed E-state index contributed by atoms with van der Waals surface area (Å²) >= 11 is 0. The average molecular weight is 701 g/mol. The normalized spacial score (nSPS) is 29.5. The third kappa shape index (κ3) is 10.2. The van der Waals surface area contributed by atoms with Gasteiger partial charge in [0.2, 0.25) is 0 Å². The van der Waals surface area contributed by atoms with Crippen molar-refractivity contribution < 1.29 is 86.3 Å². The highest BCUT2D eigenvalue weighted by atomic mass is 16.7. The van der Waals surface area contributed by atoms with Gasteiger partial charge in [-0.15, -0.1) is 0 Å². The topological polar surface area (TPSA) is 235 Å². The minimum atomic E-state index is -1.81. The van der Waals surface area contributed by atoms with Crippen LogP contribution in [0.4, 0.5) is 0 Å². The van der Waals surface area contributed by atoms with E-state index < -0.39 is 110 Å². The van der Waals surface area contributed by atoms with Crippen LogP contribution in [-0.2, 0) is 71.4 Å². The Balaban J connectivity index is 2.17. The SMILES string of the molecule is COC(=O)C[C@H]1O[C@H](c2ccc(OC)c(O)c2)[C@@H](O)[C@@H](O[C@H]2O[C@H](COC(C)=O)[C@@H](OC(C)=O)[C@@H](OC(C)=O)[C@H]2OC(C)=O)[C@@H]1OC(C)=O. The predicted octanol–water partition coefficient (Wildman–Crippen LogP) is 0.165. The molecule has 2 saturated heterocycles. The van der Waals surface area contributed by atoms with Gasteiger partial charge in [-0.1, -0.05) is 6.07 Å².